The molecule has 0 fully saturated rings. The zero-order valence-corrected chi connectivity index (χ0v) is 22.7. The van der Waals surface area contributed by atoms with Gasteiger partial charge in [-0.15, -0.1) is 0 Å². The lowest BCUT2D eigenvalue weighted by Gasteiger charge is -2.12. The first-order chi connectivity index (χ1) is 18.8. The largest absolute Gasteiger partial charge is 0.496 e. The van der Waals surface area contributed by atoms with E-state index in [4.69, 9.17) is 9.47 Å². The summed E-state index contributed by atoms with van der Waals surface area (Å²) in [5.74, 6) is 0.701. The minimum atomic E-state index is -0.397. The van der Waals surface area contributed by atoms with E-state index in [2.05, 4.69) is 20.8 Å². The van der Waals surface area contributed by atoms with Crippen molar-refractivity contribution in [2.45, 2.75) is 33.9 Å². The molecular weight excluding hydrogens is 496 g/mol. The van der Waals surface area contributed by atoms with E-state index in [1.54, 1.807) is 31.1 Å². The Labute approximate surface area is 227 Å². The number of hydrogen-bond donors (Lipinski definition) is 2. The lowest BCUT2D eigenvalue weighted by atomic mass is 10.1. The van der Waals surface area contributed by atoms with E-state index in [1.165, 1.54) is 17.0 Å². The van der Waals surface area contributed by atoms with E-state index in [0.717, 1.165) is 28.1 Å². The highest BCUT2D eigenvalue weighted by Crippen LogP contribution is 2.25. The molecule has 0 aliphatic carbocycles. The lowest BCUT2D eigenvalue weighted by Crippen LogP contribution is -2.20. The molecular formula is C29H32N6O4. The standard InChI is InChI=1S/C29H32N6O4/c1-6-35-28(29(37)33-23-16-30-34(4)20(23)3)24(17-31-35)32-27(36)14-12-21-11-13-26(38-5)22(15-21)18-39-25-10-8-7-9-19(25)2/h7-17H,6,18H2,1-5H3,(H,32,36)(H,33,37)/b14-12+. The van der Waals surface area contributed by atoms with Gasteiger partial charge in [-0.05, 0) is 56.2 Å². The van der Waals surface area contributed by atoms with Crippen LogP contribution in [0.1, 0.15) is 39.8 Å². The quantitative estimate of drug-likeness (QED) is 0.288. The van der Waals surface area contributed by atoms with Crippen LogP contribution < -0.4 is 20.1 Å². The summed E-state index contributed by atoms with van der Waals surface area (Å²) in [5, 5.41) is 14.0. The van der Waals surface area contributed by atoms with Crippen molar-refractivity contribution in [3.8, 4) is 11.5 Å². The van der Waals surface area contributed by atoms with Crippen molar-refractivity contribution < 1.29 is 19.1 Å². The third-order valence-corrected chi connectivity index (χ3v) is 6.30. The van der Waals surface area contributed by atoms with Crippen molar-refractivity contribution in [3.63, 3.8) is 0 Å². The van der Waals surface area contributed by atoms with Gasteiger partial charge in [0.2, 0.25) is 5.91 Å². The van der Waals surface area contributed by atoms with Gasteiger partial charge in [-0.25, -0.2) is 0 Å². The fraction of sp³-hybridized carbons (Fsp3) is 0.241. The number of aromatic nitrogens is 4. The summed E-state index contributed by atoms with van der Waals surface area (Å²) in [6.45, 7) is 6.48. The van der Waals surface area contributed by atoms with Gasteiger partial charge in [-0.1, -0.05) is 24.3 Å². The average Bonchev–Trinajstić information content (AvgIpc) is 3.49. The minimum Gasteiger partial charge on any atom is -0.496 e. The second-order valence-corrected chi connectivity index (χ2v) is 8.89. The molecule has 0 radical (unpaired) electrons. The van der Waals surface area contributed by atoms with E-state index in [9.17, 15) is 9.59 Å². The monoisotopic (exact) mass is 528 g/mol. The van der Waals surface area contributed by atoms with Crippen LogP contribution in [0.3, 0.4) is 0 Å². The Morgan fingerprint density at radius 2 is 1.77 bits per heavy atom. The fourth-order valence-corrected chi connectivity index (χ4v) is 3.99. The number of ether oxygens (including phenoxy) is 2. The second-order valence-electron chi connectivity index (χ2n) is 8.89. The Balaban J connectivity index is 1.47. The summed E-state index contributed by atoms with van der Waals surface area (Å²) >= 11 is 0. The summed E-state index contributed by atoms with van der Waals surface area (Å²) in [6.07, 6.45) is 6.14. The Bertz CT molecular complexity index is 1520. The van der Waals surface area contributed by atoms with Gasteiger partial charge < -0.3 is 20.1 Å². The molecule has 0 saturated heterocycles. The van der Waals surface area contributed by atoms with E-state index in [-0.39, 0.29) is 5.69 Å². The number of carbonyl (C=O) groups excluding carboxylic acids is 2. The van der Waals surface area contributed by atoms with Crippen LogP contribution in [0.5, 0.6) is 11.5 Å². The number of hydrogen-bond acceptors (Lipinski definition) is 6. The SMILES string of the molecule is CCn1ncc(NC(=O)/C=C/c2ccc(OC)c(COc3ccccc3C)c2)c1C(=O)Nc1cnn(C)c1C. The Hall–Kier alpha value is -4.86. The first-order valence-electron chi connectivity index (χ1n) is 12.5. The van der Waals surface area contributed by atoms with Crippen molar-refractivity contribution in [1.29, 1.82) is 0 Å². The van der Waals surface area contributed by atoms with Gasteiger partial charge in [0.15, 0.2) is 0 Å². The molecule has 2 heterocycles. The topological polar surface area (TPSA) is 112 Å². The Kier molecular flexibility index (Phi) is 8.45. The Morgan fingerprint density at radius 3 is 2.46 bits per heavy atom. The molecule has 10 nitrogen and oxygen atoms in total. The molecule has 2 aromatic carbocycles. The molecule has 4 aromatic rings. The summed E-state index contributed by atoms with van der Waals surface area (Å²) in [5.41, 5.74) is 4.64. The molecule has 2 amide bonds. The molecule has 202 valence electrons. The van der Waals surface area contributed by atoms with Gasteiger partial charge in [0, 0.05) is 25.2 Å². The summed E-state index contributed by atoms with van der Waals surface area (Å²) in [7, 11) is 3.40. The molecule has 0 bridgehead atoms. The molecule has 39 heavy (non-hydrogen) atoms. The molecule has 0 aliphatic heterocycles. The van der Waals surface area contributed by atoms with Gasteiger partial charge in [0.05, 0.1) is 36.6 Å². The molecule has 0 spiro atoms. The first-order valence-corrected chi connectivity index (χ1v) is 12.5. The predicted molar refractivity (Wildman–Crippen MR) is 150 cm³/mol. The van der Waals surface area contributed by atoms with Gasteiger partial charge in [0.25, 0.3) is 5.91 Å². The normalized spacial score (nSPS) is 11.0. The zero-order chi connectivity index (χ0) is 27.9. The number of rotatable bonds is 10. The lowest BCUT2D eigenvalue weighted by molar-refractivity contribution is -0.111. The minimum absolute atomic E-state index is 0.252. The number of methoxy groups -OCH3 is 1. The molecule has 0 saturated carbocycles. The highest BCUT2D eigenvalue weighted by atomic mass is 16.5. The number of nitrogens with one attached hydrogen (secondary N) is 2. The highest BCUT2D eigenvalue weighted by molar-refractivity contribution is 6.10. The van der Waals surface area contributed by atoms with E-state index < -0.39 is 11.8 Å². The number of para-hydroxylation sites is 1. The molecule has 0 atom stereocenters. The number of anilines is 2. The van der Waals surface area contributed by atoms with Crippen LogP contribution in [0.25, 0.3) is 6.08 Å². The molecule has 2 aromatic heterocycles. The van der Waals surface area contributed by atoms with Gasteiger partial charge in [-0.3, -0.25) is 19.0 Å². The Morgan fingerprint density at radius 1 is 1.00 bits per heavy atom. The molecule has 2 N–H and O–H groups in total. The van der Waals surface area contributed by atoms with Crippen LogP contribution in [0.2, 0.25) is 0 Å². The van der Waals surface area contributed by atoms with Crippen LogP contribution in [-0.4, -0.2) is 38.5 Å². The predicted octanol–water partition coefficient (Wildman–Crippen LogP) is 4.75. The number of carbonyl (C=O) groups is 2. The number of nitrogens with zero attached hydrogens (tertiary/aromatic N) is 4. The van der Waals surface area contributed by atoms with Crippen LogP contribution in [0, 0.1) is 13.8 Å². The van der Waals surface area contributed by atoms with Crippen molar-refractivity contribution >= 4 is 29.3 Å². The maximum absolute atomic E-state index is 13.1. The van der Waals surface area contributed by atoms with Crippen molar-refractivity contribution in [2.24, 2.45) is 7.05 Å². The maximum atomic E-state index is 13.1. The highest BCUT2D eigenvalue weighted by Gasteiger charge is 2.20. The second kappa shape index (κ2) is 12.1. The molecule has 0 aliphatic rings. The number of benzene rings is 2. The van der Waals surface area contributed by atoms with Crippen molar-refractivity contribution in [1.82, 2.24) is 19.6 Å². The zero-order valence-electron chi connectivity index (χ0n) is 22.7. The van der Waals surface area contributed by atoms with Crippen LogP contribution in [0.15, 0.2) is 60.9 Å². The smallest absolute Gasteiger partial charge is 0.276 e. The summed E-state index contributed by atoms with van der Waals surface area (Å²) in [6, 6.07) is 13.4. The third-order valence-electron chi connectivity index (χ3n) is 6.30. The van der Waals surface area contributed by atoms with Crippen LogP contribution in [0.4, 0.5) is 11.4 Å². The maximum Gasteiger partial charge on any atom is 0.276 e. The summed E-state index contributed by atoms with van der Waals surface area (Å²) < 4.78 is 14.7. The van der Waals surface area contributed by atoms with Gasteiger partial charge in [-0.2, -0.15) is 10.2 Å². The fourth-order valence-electron chi connectivity index (χ4n) is 3.99. The van der Waals surface area contributed by atoms with E-state index in [0.29, 0.717) is 30.3 Å². The van der Waals surface area contributed by atoms with E-state index in [1.807, 2.05) is 63.2 Å². The van der Waals surface area contributed by atoms with Crippen LogP contribution >= 0.6 is 0 Å². The van der Waals surface area contributed by atoms with Gasteiger partial charge in [0.1, 0.15) is 23.8 Å². The molecule has 4 rings (SSSR count). The average molecular weight is 529 g/mol. The molecule has 0 unspecified atom stereocenters. The molecule has 10 heteroatoms. The number of aryl methyl sites for hydroxylation is 3. The van der Waals surface area contributed by atoms with E-state index >= 15 is 0 Å². The summed E-state index contributed by atoms with van der Waals surface area (Å²) in [4.78, 5) is 25.9. The third kappa shape index (κ3) is 6.35. The van der Waals surface area contributed by atoms with Gasteiger partial charge >= 0.3 is 0 Å². The number of amides is 2. The van der Waals surface area contributed by atoms with Crippen LogP contribution in [-0.2, 0) is 25.0 Å². The first kappa shape index (κ1) is 27.2. The van der Waals surface area contributed by atoms with Crippen molar-refractivity contribution in [3.05, 3.63) is 89.0 Å². The van der Waals surface area contributed by atoms with Crippen molar-refractivity contribution in [2.75, 3.05) is 17.7 Å².